The van der Waals surface area contributed by atoms with Crippen LogP contribution in [0.25, 0.3) is 0 Å². The van der Waals surface area contributed by atoms with Crippen molar-refractivity contribution in [3.8, 4) is 6.07 Å². The summed E-state index contributed by atoms with van der Waals surface area (Å²) in [5, 5.41) is 12.2. The monoisotopic (exact) mass is 290 g/mol. The second-order valence-corrected chi connectivity index (χ2v) is 4.60. The molecule has 0 aliphatic heterocycles. The molecule has 2 rings (SSSR count). The fourth-order valence-corrected chi connectivity index (χ4v) is 2.06. The van der Waals surface area contributed by atoms with E-state index in [0.29, 0.717) is 5.56 Å². The fraction of sp³-hybridized carbons (Fsp3) is 0.167. The summed E-state index contributed by atoms with van der Waals surface area (Å²) in [4.78, 5) is 7.23. The first-order chi connectivity index (χ1) is 8.19. The number of anilines is 1. The smallest absolute Gasteiger partial charge is 0.128 e. The number of halogens is 1. The van der Waals surface area contributed by atoms with Crippen LogP contribution in [0.1, 0.15) is 24.4 Å². The lowest BCUT2D eigenvalue weighted by Crippen LogP contribution is -2.08. The van der Waals surface area contributed by atoms with Gasteiger partial charge in [-0.2, -0.15) is 5.26 Å². The standard InChI is InChI=1S/C12H11BrN4/c1-8(12-15-2-3-16-12)17-11-5-9(7-14)4-10(13)6-11/h2-6,8,17H,1H3,(H,15,16). The Balaban J connectivity index is 2.19. The highest BCUT2D eigenvalue weighted by Crippen LogP contribution is 2.22. The fourth-order valence-electron chi connectivity index (χ4n) is 1.57. The average molecular weight is 291 g/mol. The summed E-state index contributed by atoms with van der Waals surface area (Å²) in [5.41, 5.74) is 1.51. The van der Waals surface area contributed by atoms with Crippen molar-refractivity contribution >= 4 is 21.6 Å². The van der Waals surface area contributed by atoms with Crippen LogP contribution in [0, 0.1) is 11.3 Å². The predicted molar refractivity (Wildman–Crippen MR) is 69.5 cm³/mol. The number of nitrogens with one attached hydrogen (secondary N) is 2. The third kappa shape index (κ3) is 2.86. The van der Waals surface area contributed by atoms with Gasteiger partial charge >= 0.3 is 0 Å². The van der Waals surface area contributed by atoms with Gasteiger partial charge in [0, 0.05) is 22.6 Å². The Morgan fingerprint density at radius 2 is 2.29 bits per heavy atom. The van der Waals surface area contributed by atoms with Gasteiger partial charge in [-0.1, -0.05) is 15.9 Å². The van der Waals surface area contributed by atoms with Gasteiger partial charge in [0.05, 0.1) is 17.7 Å². The number of hydrogen-bond acceptors (Lipinski definition) is 3. The van der Waals surface area contributed by atoms with Gasteiger partial charge in [-0.15, -0.1) is 0 Å². The van der Waals surface area contributed by atoms with Crippen molar-refractivity contribution in [2.45, 2.75) is 13.0 Å². The van der Waals surface area contributed by atoms with Crippen LogP contribution in [-0.4, -0.2) is 9.97 Å². The molecule has 2 aromatic rings. The Morgan fingerprint density at radius 1 is 1.47 bits per heavy atom. The largest absolute Gasteiger partial charge is 0.375 e. The molecule has 86 valence electrons. The van der Waals surface area contributed by atoms with Crippen molar-refractivity contribution in [3.05, 3.63) is 46.5 Å². The van der Waals surface area contributed by atoms with Crippen molar-refractivity contribution in [2.24, 2.45) is 0 Å². The molecule has 5 heteroatoms. The number of H-pyrrole nitrogens is 1. The van der Waals surface area contributed by atoms with Gasteiger partial charge in [-0.3, -0.25) is 0 Å². The van der Waals surface area contributed by atoms with E-state index in [1.54, 1.807) is 18.5 Å². The minimum absolute atomic E-state index is 0.0610. The van der Waals surface area contributed by atoms with E-state index in [1.807, 2.05) is 19.1 Å². The van der Waals surface area contributed by atoms with Crippen LogP contribution in [0.15, 0.2) is 35.1 Å². The van der Waals surface area contributed by atoms with Crippen molar-refractivity contribution in [1.82, 2.24) is 9.97 Å². The minimum Gasteiger partial charge on any atom is -0.375 e. The van der Waals surface area contributed by atoms with Crippen molar-refractivity contribution in [3.63, 3.8) is 0 Å². The summed E-state index contributed by atoms with van der Waals surface area (Å²) in [5.74, 6) is 0.864. The lowest BCUT2D eigenvalue weighted by Gasteiger charge is -2.13. The molecular formula is C12H11BrN4. The van der Waals surface area contributed by atoms with E-state index >= 15 is 0 Å². The first kappa shape index (κ1) is 11.7. The van der Waals surface area contributed by atoms with Crippen molar-refractivity contribution < 1.29 is 0 Å². The predicted octanol–water partition coefficient (Wildman–Crippen LogP) is 3.22. The molecule has 0 fully saturated rings. The SMILES string of the molecule is CC(Nc1cc(Br)cc(C#N)c1)c1ncc[nH]1. The summed E-state index contributed by atoms with van der Waals surface area (Å²) < 4.78 is 0.880. The van der Waals surface area contributed by atoms with E-state index in [0.717, 1.165) is 16.0 Å². The molecule has 17 heavy (non-hydrogen) atoms. The molecule has 0 saturated carbocycles. The van der Waals surface area contributed by atoms with Gasteiger partial charge in [0.25, 0.3) is 0 Å². The number of benzene rings is 1. The normalized spacial score (nSPS) is 11.8. The lowest BCUT2D eigenvalue weighted by molar-refractivity contribution is 0.810. The Hall–Kier alpha value is -1.80. The molecule has 1 aromatic carbocycles. The number of aromatic amines is 1. The van der Waals surface area contributed by atoms with Crippen LogP contribution in [0.3, 0.4) is 0 Å². The molecule has 1 unspecified atom stereocenters. The summed E-state index contributed by atoms with van der Waals surface area (Å²) in [6, 6.07) is 7.70. The third-order valence-electron chi connectivity index (χ3n) is 2.34. The summed E-state index contributed by atoms with van der Waals surface area (Å²) >= 11 is 3.38. The minimum atomic E-state index is 0.0610. The molecule has 1 atom stereocenters. The van der Waals surface area contributed by atoms with Gasteiger partial charge in [0.15, 0.2) is 0 Å². The molecule has 0 aliphatic rings. The zero-order valence-corrected chi connectivity index (χ0v) is 10.8. The molecular weight excluding hydrogens is 280 g/mol. The van der Waals surface area contributed by atoms with Crippen LogP contribution in [0.4, 0.5) is 5.69 Å². The van der Waals surface area contributed by atoms with Crippen LogP contribution >= 0.6 is 15.9 Å². The van der Waals surface area contributed by atoms with Gasteiger partial charge < -0.3 is 10.3 Å². The Bertz CT molecular complexity index is 542. The van der Waals surface area contributed by atoms with E-state index in [-0.39, 0.29) is 6.04 Å². The molecule has 1 aromatic heterocycles. The molecule has 2 N–H and O–H groups in total. The Morgan fingerprint density at radius 3 is 2.94 bits per heavy atom. The summed E-state index contributed by atoms with van der Waals surface area (Å²) in [6.07, 6.45) is 3.50. The highest BCUT2D eigenvalue weighted by molar-refractivity contribution is 9.10. The summed E-state index contributed by atoms with van der Waals surface area (Å²) in [7, 11) is 0. The average Bonchev–Trinajstić information content (AvgIpc) is 2.81. The van der Waals surface area contributed by atoms with E-state index in [1.165, 1.54) is 0 Å². The quantitative estimate of drug-likeness (QED) is 0.912. The van der Waals surface area contributed by atoms with Gasteiger partial charge in [-0.25, -0.2) is 4.98 Å². The Kier molecular flexibility index (Phi) is 3.45. The molecule has 0 saturated heterocycles. The highest BCUT2D eigenvalue weighted by atomic mass is 79.9. The van der Waals surface area contributed by atoms with Gasteiger partial charge in [0.1, 0.15) is 5.82 Å². The molecule has 0 amide bonds. The zero-order chi connectivity index (χ0) is 12.3. The highest BCUT2D eigenvalue weighted by Gasteiger charge is 2.08. The van der Waals surface area contributed by atoms with Crippen LogP contribution in [-0.2, 0) is 0 Å². The number of aromatic nitrogens is 2. The number of hydrogen-bond donors (Lipinski definition) is 2. The van der Waals surface area contributed by atoms with Crippen LogP contribution < -0.4 is 5.32 Å². The molecule has 0 spiro atoms. The maximum Gasteiger partial charge on any atom is 0.128 e. The van der Waals surface area contributed by atoms with Gasteiger partial charge in [-0.05, 0) is 25.1 Å². The molecule has 1 heterocycles. The molecule has 0 aliphatic carbocycles. The zero-order valence-electron chi connectivity index (χ0n) is 9.24. The molecule has 0 bridgehead atoms. The number of rotatable bonds is 3. The van der Waals surface area contributed by atoms with E-state index < -0.39 is 0 Å². The molecule has 0 radical (unpaired) electrons. The van der Waals surface area contributed by atoms with E-state index in [2.05, 4.69) is 37.3 Å². The number of nitriles is 1. The first-order valence-electron chi connectivity index (χ1n) is 5.15. The third-order valence-corrected chi connectivity index (χ3v) is 2.80. The van der Waals surface area contributed by atoms with Crippen molar-refractivity contribution in [2.75, 3.05) is 5.32 Å². The topological polar surface area (TPSA) is 64.5 Å². The van der Waals surface area contributed by atoms with E-state index in [9.17, 15) is 0 Å². The number of nitrogens with zero attached hydrogens (tertiary/aromatic N) is 2. The van der Waals surface area contributed by atoms with Crippen LogP contribution in [0.2, 0.25) is 0 Å². The van der Waals surface area contributed by atoms with Crippen molar-refractivity contribution in [1.29, 1.82) is 5.26 Å². The lowest BCUT2D eigenvalue weighted by atomic mass is 10.2. The number of imidazole rings is 1. The first-order valence-corrected chi connectivity index (χ1v) is 5.95. The second-order valence-electron chi connectivity index (χ2n) is 3.68. The maximum absolute atomic E-state index is 8.89. The summed E-state index contributed by atoms with van der Waals surface area (Å²) in [6.45, 7) is 2.01. The van der Waals surface area contributed by atoms with Gasteiger partial charge in [0.2, 0.25) is 0 Å². The molecule has 4 nitrogen and oxygen atoms in total. The second kappa shape index (κ2) is 5.02. The van der Waals surface area contributed by atoms with Crippen LogP contribution in [0.5, 0.6) is 0 Å². The Labute approximate surface area is 108 Å². The maximum atomic E-state index is 8.89. The van der Waals surface area contributed by atoms with E-state index in [4.69, 9.17) is 5.26 Å².